The molecule has 3 aromatic rings. The molecule has 3 fully saturated rings. The number of aromatic nitrogens is 2. The molecule has 2 atom stereocenters. The van der Waals surface area contributed by atoms with Gasteiger partial charge in [0, 0.05) is 35.6 Å². The maximum absolute atomic E-state index is 4.70. The van der Waals surface area contributed by atoms with Gasteiger partial charge >= 0.3 is 0 Å². The Hall–Kier alpha value is -2.33. The van der Waals surface area contributed by atoms with Crippen molar-refractivity contribution in [2.75, 3.05) is 18.4 Å². The molecule has 4 heteroatoms. The minimum atomic E-state index is 0.525. The van der Waals surface area contributed by atoms with Gasteiger partial charge in [-0.3, -0.25) is 4.90 Å². The Morgan fingerprint density at radius 2 is 1.92 bits per heavy atom. The van der Waals surface area contributed by atoms with E-state index < -0.39 is 0 Å². The number of anilines is 1. The number of nitrogens with zero attached hydrogens (tertiary/aromatic N) is 2. The molecule has 0 amide bonds. The Labute approximate surface area is 148 Å². The van der Waals surface area contributed by atoms with Gasteiger partial charge in [-0.25, -0.2) is 4.98 Å². The Kier molecular flexibility index (Phi) is 3.52. The summed E-state index contributed by atoms with van der Waals surface area (Å²) in [5.74, 6) is 1.79. The van der Waals surface area contributed by atoms with Crippen molar-refractivity contribution in [1.29, 1.82) is 0 Å². The number of pyridine rings is 1. The molecule has 2 aromatic heterocycles. The van der Waals surface area contributed by atoms with E-state index in [4.69, 9.17) is 4.98 Å². The average molecular weight is 332 g/mol. The van der Waals surface area contributed by atoms with Gasteiger partial charge in [0.25, 0.3) is 0 Å². The summed E-state index contributed by atoms with van der Waals surface area (Å²) >= 11 is 0. The summed E-state index contributed by atoms with van der Waals surface area (Å²) in [5, 5.41) is 4.95. The third kappa shape index (κ3) is 2.61. The molecular weight excluding hydrogens is 308 g/mol. The second kappa shape index (κ2) is 5.88. The molecule has 0 radical (unpaired) electrons. The Morgan fingerprint density at radius 3 is 2.68 bits per heavy atom. The standard InChI is InChI=1S/C21H24N4/c1-14-21(15-7-10-25(14)11-8-15)24-20-5-3-18(13-23-20)16-2-4-19-17(12-16)6-9-22-19/h2-6,9,12-15,21-22H,7-8,10-11H2,1H3,(H,23,24)/t14-,21-/m1/s1. The van der Waals surface area contributed by atoms with Crippen LogP contribution in [0.5, 0.6) is 0 Å². The van der Waals surface area contributed by atoms with Crippen LogP contribution in [0.3, 0.4) is 0 Å². The molecule has 2 bridgehead atoms. The van der Waals surface area contributed by atoms with Crippen molar-refractivity contribution in [2.45, 2.75) is 31.8 Å². The fourth-order valence-electron chi connectivity index (χ4n) is 4.60. The van der Waals surface area contributed by atoms with Gasteiger partial charge in [0.2, 0.25) is 0 Å². The molecule has 0 unspecified atom stereocenters. The van der Waals surface area contributed by atoms with E-state index in [1.165, 1.54) is 42.4 Å². The van der Waals surface area contributed by atoms with Crippen molar-refractivity contribution in [2.24, 2.45) is 5.92 Å². The molecular formula is C21H24N4. The summed E-state index contributed by atoms with van der Waals surface area (Å²) < 4.78 is 0. The predicted molar refractivity (Wildman–Crippen MR) is 103 cm³/mol. The number of fused-ring (bicyclic) bond motifs is 4. The van der Waals surface area contributed by atoms with Crippen LogP contribution in [0.1, 0.15) is 19.8 Å². The van der Waals surface area contributed by atoms with E-state index in [0.29, 0.717) is 12.1 Å². The lowest BCUT2D eigenvalue weighted by molar-refractivity contribution is 0.0457. The monoisotopic (exact) mass is 332 g/mol. The summed E-state index contributed by atoms with van der Waals surface area (Å²) in [5.41, 5.74) is 3.55. The highest BCUT2D eigenvalue weighted by atomic mass is 15.2. The topological polar surface area (TPSA) is 44.0 Å². The minimum absolute atomic E-state index is 0.525. The van der Waals surface area contributed by atoms with Crippen LogP contribution in [0.25, 0.3) is 22.0 Å². The van der Waals surface area contributed by atoms with E-state index in [1.807, 2.05) is 12.4 Å². The van der Waals surface area contributed by atoms with Crippen LogP contribution >= 0.6 is 0 Å². The number of piperidine rings is 3. The van der Waals surface area contributed by atoms with Crippen LogP contribution in [0.2, 0.25) is 0 Å². The maximum atomic E-state index is 4.70. The average Bonchev–Trinajstić information content (AvgIpc) is 3.13. The maximum Gasteiger partial charge on any atom is 0.126 e. The molecule has 4 nitrogen and oxygen atoms in total. The van der Waals surface area contributed by atoms with Gasteiger partial charge in [-0.2, -0.15) is 0 Å². The first kappa shape index (κ1) is 15.0. The molecule has 6 rings (SSSR count). The lowest BCUT2D eigenvalue weighted by Crippen LogP contribution is -2.59. The van der Waals surface area contributed by atoms with E-state index in [1.54, 1.807) is 0 Å². The minimum Gasteiger partial charge on any atom is -0.365 e. The number of rotatable bonds is 3. The molecule has 3 aliphatic heterocycles. The van der Waals surface area contributed by atoms with Gasteiger partial charge in [0.05, 0.1) is 0 Å². The van der Waals surface area contributed by atoms with E-state index in [0.717, 1.165) is 17.3 Å². The Morgan fingerprint density at radius 1 is 1.08 bits per heavy atom. The number of nitrogens with one attached hydrogen (secondary N) is 2. The Balaban J connectivity index is 1.36. The fraction of sp³-hybridized carbons (Fsp3) is 0.381. The van der Waals surface area contributed by atoms with Gasteiger partial charge in [-0.15, -0.1) is 0 Å². The zero-order valence-corrected chi connectivity index (χ0v) is 14.6. The van der Waals surface area contributed by atoms with Crippen LogP contribution in [0.15, 0.2) is 48.8 Å². The highest BCUT2D eigenvalue weighted by Gasteiger charge is 2.39. The molecule has 25 heavy (non-hydrogen) atoms. The lowest BCUT2D eigenvalue weighted by Gasteiger charge is -2.50. The van der Waals surface area contributed by atoms with Crippen molar-refractivity contribution < 1.29 is 0 Å². The molecule has 3 saturated heterocycles. The molecule has 1 aromatic carbocycles. The molecule has 5 heterocycles. The third-order valence-electron chi connectivity index (χ3n) is 6.14. The number of aromatic amines is 1. The van der Waals surface area contributed by atoms with Crippen molar-refractivity contribution >= 4 is 16.7 Å². The van der Waals surface area contributed by atoms with Gasteiger partial charge in [-0.05, 0) is 80.1 Å². The van der Waals surface area contributed by atoms with Crippen LogP contribution in [0.4, 0.5) is 5.82 Å². The third-order valence-corrected chi connectivity index (χ3v) is 6.14. The van der Waals surface area contributed by atoms with Crippen LogP contribution < -0.4 is 5.32 Å². The molecule has 128 valence electrons. The lowest BCUT2D eigenvalue weighted by atomic mass is 9.79. The first-order valence-corrected chi connectivity index (χ1v) is 9.32. The number of benzene rings is 1. The first-order chi connectivity index (χ1) is 12.3. The zero-order valence-electron chi connectivity index (χ0n) is 14.6. The van der Waals surface area contributed by atoms with E-state index in [-0.39, 0.29) is 0 Å². The second-order valence-electron chi connectivity index (χ2n) is 7.50. The zero-order chi connectivity index (χ0) is 16.8. The van der Waals surface area contributed by atoms with Gasteiger partial charge < -0.3 is 10.3 Å². The van der Waals surface area contributed by atoms with E-state index >= 15 is 0 Å². The highest BCUT2D eigenvalue weighted by Crippen LogP contribution is 2.34. The largest absolute Gasteiger partial charge is 0.365 e. The highest BCUT2D eigenvalue weighted by molar-refractivity contribution is 5.84. The van der Waals surface area contributed by atoms with E-state index in [9.17, 15) is 0 Å². The summed E-state index contributed by atoms with van der Waals surface area (Å²) in [6.07, 6.45) is 6.60. The van der Waals surface area contributed by atoms with Crippen molar-refractivity contribution in [3.63, 3.8) is 0 Å². The molecule has 0 saturated carbocycles. The number of hydrogen-bond donors (Lipinski definition) is 2. The first-order valence-electron chi connectivity index (χ1n) is 9.32. The predicted octanol–water partition coefficient (Wildman–Crippen LogP) is 4.12. The van der Waals surface area contributed by atoms with E-state index in [2.05, 4.69) is 58.5 Å². The molecule has 0 aliphatic carbocycles. The van der Waals surface area contributed by atoms with Crippen molar-refractivity contribution in [1.82, 2.24) is 14.9 Å². The molecule has 0 spiro atoms. The van der Waals surface area contributed by atoms with Crippen LogP contribution in [-0.2, 0) is 0 Å². The second-order valence-corrected chi connectivity index (χ2v) is 7.50. The Bertz CT molecular complexity index is 872. The van der Waals surface area contributed by atoms with Crippen molar-refractivity contribution in [3.8, 4) is 11.1 Å². The molecule has 2 N–H and O–H groups in total. The van der Waals surface area contributed by atoms with Gasteiger partial charge in [-0.1, -0.05) is 6.07 Å². The van der Waals surface area contributed by atoms with Gasteiger partial charge in [0.15, 0.2) is 0 Å². The summed E-state index contributed by atoms with van der Waals surface area (Å²) in [4.78, 5) is 10.5. The quantitative estimate of drug-likeness (QED) is 0.758. The smallest absolute Gasteiger partial charge is 0.126 e. The summed E-state index contributed by atoms with van der Waals surface area (Å²) in [6, 6.07) is 14.0. The summed E-state index contributed by atoms with van der Waals surface area (Å²) in [7, 11) is 0. The molecule has 3 aliphatic rings. The number of H-pyrrole nitrogens is 1. The summed E-state index contributed by atoms with van der Waals surface area (Å²) in [6.45, 7) is 4.87. The SMILES string of the molecule is C[C@@H]1[C@@H](Nc2ccc(-c3ccc4[nH]ccc4c3)cn2)C2CCN1CC2. The van der Waals surface area contributed by atoms with Crippen LogP contribution in [-0.4, -0.2) is 40.0 Å². The normalized spacial score (nSPS) is 28.4. The van der Waals surface area contributed by atoms with Crippen molar-refractivity contribution in [3.05, 3.63) is 48.8 Å². The van der Waals surface area contributed by atoms with Gasteiger partial charge in [0.1, 0.15) is 5.82 Å². The number of hydrogen-bond acceptors (Lipinski definition) is 3. The fourth-order valence-corrected chi connectivity index (χ4v) is 4.60. The van der Waals surface area contributed by atoms with Crippen LogP contribution in [0, 0.1) is 5.92 Å².